The van der Waals surface area contributed by atoms with E-state index in [1.165, 1.54) is 12.1 Å². The van der Waals surface area contributed by atoms with Gasteiger partial charge in [-0.1, -0.05) is 34.1 Å². The molecule has 0 aliphatic carbocycles. The van der Waals surface area contributed by atoms with E-state index in [0.717, 1.165) is 16.1 Å². The molecule has 0 unspecified atom stereocenters. The first-order chi connectivity index (χ1) is 8.91. The maximum absolute atomic E-state index is 12.7. The Morgan fingerprint density at radius 2 is 1.53 bits per heavy atom. The van der Waals surface area contributed by atoms with Crippen molar-refractivity contribution in [2.24, 2.45) is 0 Å². The van der Waals surface area contributed by atoms with Crippen LogP contribution in [0.5, 0.6) is 0 Å². The van der Waals surface area contributed by atoms with Crippen molar-refractivity contribution >= 4 is 15.9 Å². The van der Waals surface area contributed by atoms with Crippen LogP contribution in [0.4, 0.5) is 13.2 Å². The molecule has 0 bridgehead atoms. The second-order valence-electron chi connectivity index (χ2n) is 3.88. The minimum absolute atomic E-state index is 0.368. The number of hydrogen-bond donors (Lipinski definition) is 0. The first-order valence-corrected chi connectivity index (χ1v) is 6.08. The van der Waals surface area contributed by atoms with Crippen molar-refractivity contribution in [2.45, 2.75) is 6.18 Å². The monoisotopic (exact) mass is 325 g/mol. The van der Waals surface area contributed by atoms with Gasteiger partial charge in [-0.15, -0.1) is 0 Å². The Morgan fingerprint density at radius 1 is 0.947 bits per heavy atom. The average Bonchev–Trinajstić information content (AvgIpc) is 2.38. The molecule has 0 saturated heterocycles. The van der Waals surface area contributed by atoms with Crippen molar-refractivity contribution in [1.82, 2.24) is 0 Å². The van der Waals surface area contributed by atoms with Gasteiger partial charge in [-0.2, -0.15) is 18.4 Å². The largest absolute Gasteiger partial charge is 0.417 e. The Labute approximate surface area is 116 Å². The van der Waals surface area contributed by atoms with Gasteiger partial charge in [0.1, 0.15) is 0 Å². The number of benzene rings is 2. The molecule has 1 nitrogen and oxygen atoms in total. The molecule has 0 aromatic heterocycles. The molecular formula is C14H7BrF3N. The second kappa shape index (κ2) is 5.06. The number of nitriles is 1. The Hall–Kier alpha value is -1.80. The molecule has 0 aliphatic heterocycles. The maximum Gasteiger partial charge on any atom is 0.417 e. The van der Waals surface area contributed by atoms with E-state index in [9.17, 15) is 13.2 Å². The summed E-state index contributed by atoms with van der Waals surface area (Å²) in [6.45, 7) is 0. The molecule has 0 atom stereocenters. The highest BCUT2D eigenvalue weighted by molar-refractivity contribution is 9.10. The van der Waals surface area contributed by atoms with Crippen LogP contribution in [-0.2, 0) is 6.18 Å². The minimum Gasteiger partial charge on any atom is -0.192 e. The summed E-state index contributed by atoms with van der Waals surface area (Å²) in [5, 5.41) is 8.84. The SMILES string of the molecule is N#Cc1cc(-c2ccc(Br)cc2)ccc1C(F)(F)F. The van der Waals surface area contributed by atoms with E-state index in [1.54, 1.807) is 30.3 Å². The van der Waals surface area contributed by atoms with Crippen LogP contribution in [-0.4, -0.2) is 0 Å². The first kappa shape index (κ1) is 13.6. The zero-order valence-electron chi connectivity index (χ0n) is 9.50. The molecule has 19 heavy (non-hydrogen) atoms. The first-order valence-electron chi connectivity index (χ1n) is 5.29. The zero-order valence-corrected chi connectivity index (χ0v) is 11.1. The molecule has 0 fully saturated rings. The topological polar surface area (TPSA) is 23.8 Å². The summed E-state index contributed by atoms with van der Waals surface area (Å²) in [5.74, 6) is 0. The predicted octanol–water partition coefficient (Wildman–Crippen LogP) is 5.01. The molecule has 0 N–H and O–H groups in total. The van der Waals surface area contributed by atoms with Gasteiger partial charge in [0, 0.05) is 4.47 Å². The van der Waals surface area contributed by atoms with Gasteiger partial charge >= 0.3 is 6.18 Å². The normalized spacial score (nSPS) is 11.1. The molecule has 0 spiro atoms. The van der Waals surface area contributed by atoms with Gasteiger partial charge in [0.15, 0.2) is 0 Å². The Bertz CT molecular complexity index is 639. The molecule has 0 aliphatic rings. The molecule has 5 heteroatoms. The molecule has 2 aromatic rings. The van der Waals surface area contributed by atoms with Crippen molar-refractivity contribution in [3.63, 3.8) is 0 Å². The fourth-order valence-electron chi connectivity index (χ4n) is 1.71. The van der Waals surface area contributed by atoms with Crippen LogP contribution in [0.1, 0.15) is 11.1 Å². The summed E-state index contributed by atoms with van der Waals surface area (Å²) in [6, 6.07) is 12.3. The van der Waals surface area contributed by atoms with Crippen LogP contribution in [0.15, 0.2) is 46.9 Å². The molecule has 2 rings (SSSR count). The van der Waals surface area contributed by atoms with E-state index in [1.807, 2.05) is 0 Å². The van der Waals surface area contributed by atoms with Crippen molar-refractivity contribution in [1.29, 1.82) is 5.26 Å². The van der Waals surface area contributed by atoms with Gasteiger partial charge < -0.3 is 0 Å². The van der Waals surface area contributed by atoms with Crippen molar-refractivity contribution < 1.29 is 13.2 Å². The maximum atomic E-state index is 12.7. The third-order valence-corrected chi connectivity index (χ3v) is 3.15. The van der Waals surface area contributed by atoms with E-state index in [-0.39, 0.29) is 5.56 Å². The van der Waals surface area contributed by atoms with Gasteiger partial charge in [0.05, 0.1) is 17.2 Å². The van der Waals surface area contributed by atoms with E-state index in [2.05, 4.69) is 15.9 Å². The lowest BCUT2D eigenvalue weighted by molar-refractivity contribution is -0.137. The second-order valence-corrected chi connectivity index (χ2v) is 4.79. The van der Waals surface area contributed by atoms with Crippen molar-refractivity contribution in [3.8, 4) is 17.2 Å². The number of nitrogens with zero attached hydrogens (tertiary/aromatic N) is 1. The van der Waals surface area contributed by atoms with Gasteiger partial charge in [-0.05, 0) is 35.4 Å². The predicted molar refractivity (Wildman–Crippen MR) is 69.3 cm³/mol. The van der Waals surface area contributed by atoms with Crippen molar-refractivity contribution in [2.75, 3.05) is 0 Å². The number of halogens is 4. The van der Waals surface area contributed by atoms with Crippen LogP contribution in [0, 0.1) is 11.3 Å². The Morgan fingerprint density at radius 3 is 2.05 bits per heavy atom. The summed E-state index contributed by atoms with van der Waals surface area (Å²) in [6.07, 6.45) is -4.51. The lowest BCUT2D eigenvalue weighted by Crippen LogP contribution is -2.07. The summed E-state index contributed by atoms with van der Waals surface area (Å²) < 4.78 is 38.9. The van der Waals surface area contributed by atoms with Gasteiger partial charge in [0.2, 0.25) is 0 Å². The molecular weight excluding hydrogens is 319 g/mol. The highest BCUT2D eigenvalue weighted by Crippen LogP contribution is 2.34. The standard InChI is InChI=1S/C14H7BrF3N/c15-12-4-1-9(2-5-12)10-3-6-13(14(16,17)18)11(7-10)8-19/h1-7H. The number of hydrogen-bond acceptors (Lipinski definition) is 1. The fourth-order valence-corrected chi connectivity index (χ4v) is 1.97. The highest BCUT2D eigenvalue weighted by Gasteiger charge is 2.33. The van der Waals surface area contributed by atoms with E-state index < -0.39 is 11.7 Å². The molecule has 0 saturated carbocycles. The highest BCUT2D eigenvalue weighted by atomic mass is 79.9. The third-order valence-electron chi connectivity index (χ3n) is 2.62. The molecule has 0 radical (unpaired) electrons. The average molecular weight is 326 g/mol. The van der Waals surface area contributed by atoms with Gasteiger partial charge in [-0.25, -0.2) is 0 Å². The number of rotatable bonds is 1. The molecule has 96 valence electrons. The summed E-state index contributed by atoms with van der Waals surface area (Å²) in [4.78, 5) is 0. The van der Waals surface area contributed by atoms with Crippen LogP contribution >= 0.6 is 15.9 Å². The minimum atomic E-state index is -4.51. The van der Waals surface area contributed by atoms with Crippen LogP contribution in [0.25, 0.3) is 11.1 Å². The molecule has 2 aromatic carbocycles. The molecule has 0 heterocycles. The summed E-state index contributed by atoms with van der Waals surface area (Å²) >= 11 is 3.28. The zero-order chi connectivity index (χ0) is 14.0. The van der Waals surface area contributed by atoms with E-state index in [4.69, 9.17) is 5.26 Å². The lowest BCUT2D eigenvalue weighted by Gasteiger charge is -2.10. The quantitative estimate of drug-likeness (QED) is 0.723. The number of alkyl halides is 3. The van der Waals surface area contributed by atoms with Crippen LogP contribution < -0.4 is 0 Å². The Balaban J connectivity index is 2.51. The van der Waals surface area contributed by atoms with Gasteiger partial charge in [0.25, 0.3) is 0 Å². The third kappa shape index (κ3) is 2.96. The summed E-state index contributed by atoms with van der Waals surface area (Å²) in [7, 11) is 0. The summed E-state index contributed by atoms with van der Waals surface area (Å²) in [5.41, 5.74) is 0.0641. The Kier molecular flexibility index (Phi) is 3.63. The molecule has 0 amide bonds. The van der Waals surface area contributed by atoms with Crippen LogP contribution in [0.2, 0.25) is 0 Å². The van der Waals surface area contributed by atoms with E-state index in [0.29, 0.717) is 5.56 Å². The van der Waals surface area contributed by atoms with Gasteiger partial charge in [-0.3, -0.25) is 0 Å². The smallest absolute Gasteiger partial charge is 0.192 e. The van der Waals surface area contributed by atoms with Crippen molar-refractivity contribution in [3.05, 3.63) is 58.1 Å². The lowest BCUT2D eigenvalue weighted by atomic mass is 9.99. The fraction of sp³-hybridized carbons (Fsp3) is 0.0714. The van der Waals surface area contributed by atoms with Crippen LogP contribution in [0.3, 0.4) is 0 Å². The van der Waals surface area contributed by atoms with E-state index >= 15 is 0 Å².